The van der Waals surface area contributed by atoms with Crippen LogP contribution in [0.25, 0.3) is 11.4 Å². The smallest absolute Gasteiger partial charge is 0.295 e. The second-order valence-electron chi connectivity index (χ2n) is 7.60. The van der Waals surface area contributed by atoms with Crippen LogP contribution < -0.4 is 11.5 Å². The van der Waals surface area contributed by atoms with Crippen LogP contribution >= 0.6 is 53.4 Å². The lowest BCUT2D eigenvalue weighted by Crippen LogP contribution is -2.18. The van der Waals surface area contributed by atoms with Gasteiger partial charge in [-0.25, -0.2) is 18.7 Å². The number of hydrogen-bond donors (Lipinski definition) is 0. The van der Waals surface area contributed by atoms with Gasteiger partial charge in [-0.2, -0.15) is 0 Å². The fourth-order valence-electron chi connectivity index (χ4n) is 3.17. The number of carbonyl (C=O) groups is 2. The summed E-state index contributed by atoms with van der Waals surface area (Å²) in [6.45, 7) is 3.25. The Balaban J connectivity index is 1.50. The summed E-state index contributed by atoms with van der Waals surface area (Å²) in [5.41, 5.74) is 1.48. The fourth-order valence-corrected chi connectivity index (χ4v) is 5.47. The molecular formula is C24H16Br2N4O6S2. The van der Waals surface area contributed by atoms with Gasteiger partial charge in [0.15, 0.2) is 0 Å². The van der Waals surface area contributed by atoms with E-state index in [0.717, 1.165) is 18.1 Å². The van der Waals surface area contributed by atoms with Gasteiger partial charge in [0.05, 0.1) is 0 Å². The van der Waals surface area contributed by atoms with Gasteiger partial charge in [-0.1, -0.05) is 63.8 Å². The van der Waals surface area contributed by atoms with Gasteiger partial charge in [-0.05, 0) is 62.4 Å². The molecule has 38 heavy (non-hydrogen) atoms. The van der Waals surface area contributed by atoms with Crippen molar-refractivity contribution in [1.82, 2.24) is 19.4 Å². The van der Waals surface area contributed by atoms with E-state index in [0.29, 0.717) is 22.5 Å². The Morgan fingerprint density at radius 1 is 0.711 bits per heavy atom. The molecule has 0 bridgehead atoms. The minimum Gasteiger partial charge on any atom is -0.295 e. The van der Waals surface area contributed by atoms with Crippen LogP contribution in [0.2, 0.25) is 0 Å². The number of halogens is 2. The molecule has 2 heterocycles. The van der Waals surface area contributed by atoms with E-state index < -0.39 is 23.1 Å². The fraction of sp³-hybridized carbons (Fsp3) is 0.0833. The number of nitrogens with zero attached hydrogens (tertiary/aromatic N) is 4. The van der Waals surface area contributed by atoms with Gasteiger partial charge in [0.25, 0.3) is 0 Å². The summed E-state index contributed by atoms with van der Waals surface area (Å²) in [4.78, 5) is 50.2. The normalized spacial score (nSPS) is 12.1. The number of hydrogen-bond acceptors (Lipinski definition) is 10. The van der Waals surface area contributed by atoms with Crippen LogP contribution in [0.1, 0.15) is 46.2 Å². The van der Waals surface area contributed by atoms with Gasteiger partial charge in [0, 0.05) is 42.3 Å². The van der Waals surface area contributed by atoms with Crippen molar-refractivity contribution >= 4 is 76.4 Å². The quantitative estimate of drug-likeness (QED) is 0.124. The Morgan fingerprint density at radius 3 is 1.39 bits per heavy atom. The molecule has 0 saturated carbocycles. The third-order valence-corrected chi connectivity index (χ3v) is 7.98. The average Bonchev–Trinajstić information content (AvgIpc) is 3.49. The van der Waals surface area contributed by atoms with Crippen molar-refractivity contribution in [1.29, 1.82) is 0 Å². The van der Waals surface area contributed by atoms with Crippen LogP contribution in [0.15, 0.2) is 86.9 Å². The Bertz CT molecular complexity index is 1560. The highest BCUT2D eigenvalue weighted by atomic mass is 79.9. The van der Waals surface area contributed by atoms with Crippen LogP contribution in [0.5, 0.6) is 0 Å². The van der Waals surface area contributed by atoms with E-state index in [9.17, 15) is 19.2 Å². The molecule has 0 fully saturated rings. The lowest BCUT2D eigenvalue weighted by atomic mass is 10.1. The first-order valence-corrected chi connectivity index (χ1v) is 14.5. The number of aromatic nitrogens is 4. The van der Waals surface area contributed by atoms with Gasteiger partial charge < -0.3 is 0 Å². The van der Waals surface area contributed by atoms with E-state index in [1.165, 1.54) is 21.6 Å². The molecule has 0 N–H and O–H groups in total. The largest absolute Gasteiger partial charge is 0.446 e. The second kappa shape index (κ2) is 12.1. The molecule has 0 aliphatic carbocycles. The molecule has 0 unspecified atom stereocenters. The SMILES string of the molecule is C/C(=C/SS/C=C(/C)n1c(C(=O)c2ccc(Br)cc2)noc1=O)n1c(C(=O)c2ccc(Br)cc2)noc1=O. The first kappa shape index (κ1) is 27.8. The highest BCUT2D eigenvalue weighted by Gasteiger charge is 2.22. The molecule has 2 aromatic heterocycles. The summed E-state index contributed by atoms with van der Waals surface area (Å²) in [7, 11) is 2.41. The first-order chi connectivity index (χ1) is 18.2. The van der Waals surface area contributed by atoms with Gasteiger partial charge in [-0.15, -0.1) is 0 Å². The van der Waals surface area contributed by atoms with Crippen molar-refractivity contribution < 1.29 is 18.6 Å². The molecule has 0 amide bonds. The van der Waals surface area contributed by atoms with Crippen molar-refractivity contribution in [2.45, 2.75) is 13.8 Å². The Hall–Kier alpha value is -3.20. The van der Waals surface area contributed by atoms with Gasteiger partial charge >= 0.3 is 11.5 Å². The molecule has 4 aromatic rings. The number of allylic oxidation sites excluding steroid dienone is 2. The van der Waals surface area contributed by atoms with Gasteiger partial charge in [-0.3, -0.25) is 18.6 Å². The highest BCUT2D eigenvalue weighted by molar-refractivity contribution is 9.10. The predicted octanol–water partition coefficient (Wildman–Crippen LogP) is 5.69. The monoisotopic (exact) mass is 678 g/mol. The zero-order valence-corrected chi connectivity index (χ0v) is 24.4. The number of ketones is 2. The van der Waals surface area contributed by atoms with Crippen LogP contribution in [-0.2, 0) is 0 Å². The molecule has 0 atom stereocenters. The topological polar surface area (TPSA) is 130 Å². The third-order valence-electron chi connectivity index (χ3n) is 5.03. The Morgan fingerprint density at radius 2 is 1.05 bits per heavy atom. The van der Waals surface area contributed by atoms with Crippen molar-refractivity contribution in [3.05, 3.63) is 112 Å². The number of carbonyl (C=O) groups excluding carboxylic acids is 2. The molecule has 194 valence electrons. The summed E-state index contributed by atoms with van der Waals surface area (Å²) in [6.07, 6.45) is 0. The molecule has 0 spiro atoms. The minimum absolute atomic E-state index is 0.157. The molecular weight excluding hydrogens is 664 g/mol. The summed E-state index contributed by atoms with van der Waals surface area (Å²) in [5, 5.41) is 10.5. The number of benzene rings is 2. The molecule has 10 nitrogen and oxygen atoms in total. The highest BCUT2D eigenvalue weighted by Crippen LogP contribution is 2.29. The standard InChI is InChI=1S/C24H16Br2N4O6S2/c1-13(29-21(27-35-23(29)33)19(31)15-3-7-17(25)8-4-15)11-37-38-12-14(2)30-22(28-36-24(30)34)20(32)16-5-9-18(26)10-6-16/h3-12H,1-2H3/b13-11-,14-12-. The Labute approximate surface area is 239 Å². The maximum absolute atomic E-state index is 12.9. The van der Waals surface area contributed by atoms with Crippen molar-refractivity contribution in [2.75, 3.05) is 0 Å². The summed E-state index contributed by atoms with van der Waals surface area (Å²) in [6, 6.07) is 13.3. The molecule has 14 heteroatoms. The number of rotatable bonds is 9. The van der Waals surface area contributed by atoms with Gasteiger partial charge in [0.2, 0.25) is 23.2 Å². The first-order valence-electron chi connectivity index (χ1n) is 10.6. The molecule has 0 saturated heterocycles. The molecule has 0 aliphatic heterocycles. The van der Waals surface area contributed by atoms with E-state index in [2.05, 4.69) is 42.2 Å². The lowest BCUT2D eigenvalue weighted by molar-refractivity contribution is 0.101. The van der Waals surface area contributed by atoms with E-state index in [4.69, 9.17) is 9.05 Å². The van der Waals surface area contributed by atoms with Crippen LogP contribution in [0.4, 0.5) is 0 Å². The third kappa shape index (κ3) is 6.09. The van der Waals surface area contributed by atoms with Crippen molar-refractivity contribution in [3.63, 3.8) is 0 Å². The van der Waals surface area contributed by atoms with Crippen LogP contribution in [-0.4, -0.2) is 31.0 Å². The molecule has 4 rings (SSSR count). The Kier molecular flexibility index (Phi) is 8.87. The van der Waals surface area contributed by atoms with E-state index >= 15 is 0 Å². The average molecular weight is 680 g/mol. The molecule has 0 aliphatic rings. The second-order valence-corrected chi connectivity index (χ2v) is 11.4. The van der Waals surface area contributed by atoms with Crippen LogP contribution in [0, 0.1) is 0 Å². The van der Waals surface area contributed by atoms with Crippen LogP contribution in [0.3, 0.4) is 0 Å². The summed E-state index contributed by atoms with van der Waals surface area (Å²) < 4.78 is 13.2. The van der Waals surface area contributed by atoms with Gasteiger partial charge in [0.1, 0.15) is 0 Å². The van der Waals surface area contributed by atoms with Crippen molar-refractivity contribution in [3.8, 4) is 0 Å². The summed E-state index contributed by atoms with van der Waals surface area (Å²) >= 11 is 6.63. The predicted molar refractivity (Wildman–Crippen MR) is 152 cm³/mol. The zero-order valence-electron chi connectivity index (χ0n) is 19.6. The lowest BCUT2D eigenvalue weighted by Gasteiger charge is -2.05. The minimum atomic E-state index is -0.802. The van der Waals surface area contributed by atoms with E-state index in [1.807, 2.05) is 0 Å². The zero-order chi connectivity index (χ0) is 27.4. The van der Waals surface area contributed by atoms with E-state index in [-0.39, 0.29) is 11.6 Å². The molecule has 2 aromatic carbocycles. The summed E-state index contributed by atoms with van der Waals surface area (Å²) in [5.74, 6) is -2.86. The maximum Gasteiger partial charge on any atom is 0.446 e. The van der Waals surface area contributed by atoms with E-state index in [1.54, 1.807) is 73.2 Å². The van der Waals surface area contributed by atoms with Crippen molar-refractivity contribution in [2.24, 2.45) is 0 Å². The molecule has 0 radical (unpaired) electrons. The maximum atomic E-state index is 12.9.